The van der Waals surface area contributed by atoms with Gasteiger partial charge in [0.25, 0.3) is 0 Å². The second kappa shape index (κ2) is 9.24. The Bertz CT molecular complexity index is 1460. The number of hydrogen-bond acceptors (Lipinski definition) is 4. The summed E-state index contributed by atoms with van der Waals surface area (Å²) in [6.45, 7) is 4.79. The molecule has 1 atom stereocenters. The van der Waals surface area contributed by atoms with E-state index in [-0.39, 0.29) is 11.4 Å². The number of benzene rings is 3. The van der Waals surface area contributed by atoms with Gasteiger partial charge in [-0.05, 0) is 54.4 Å². The molecule has 0 aliphatic carbocycles. The van der Waals surface area contributed by atoms with E-state index in [0.717, 1.165) is 30.9 Å². The Balaban J connectivity index is 1.54. The van der Waals surface area contributed by atoms with Crippen LogP contribution in [-0.2, 0) is 7.05 Å². The molecule has 3 aromatic carbocycles. The molecule has 6 nitrogen and oxygen atoms in total. The normalized spacial score (nSPS) is 16.0. The first-order chi connectivity index (χ1) is 16.8. The molecule has 1 saturated heterocycles. The number of phenols is 1. The van der Waals surface area contributed by atoms with Crippen molar-refractivity contribution in [3.05, 3.63) is 88.3 Å². The molecule has 1 fully saturated rings. The monoisotopic (exact) mass is 492 g/mol. The number of aromatic hydroxyl groups is 1. The molecule has 0 spiro atoms. The van der Waals surface area contributed by atoms with E-state index in [2.05, 4.69) is 17.1 Å². The largest absolute Gasteiger partial charge is 0.507 e. The first kappa shape index (κ1) is 23.2. The summed E-state index contributed by atoms with van der Waals surface area (Å²) >= 11 is 6.51. The van der Waals surface area contributed by atoms with Gasteiger partial charge in [0.1, 0.15) is 11.6 Å². The third-order valence-electron chi connectivity index (χ3n) is 6.43. The molecule has 1 aliphatic heterocycles. The van der Waals surface area contributed by atoms with Gasteiger partial charge in [0, 0.05) is 61.9 Å². The van der Waals surface area contributed by atoms with E-state index in [1.54, 1.807) is 37.6 Å². The molecule has 0 saturated carbocycles. The Labute approximate surface area is 207 Å². The van der Waals surface area contributed by atoms with E-state index in [1.807, 2.05) is 24.3 Å². The average molecular weight is 493 g/mol. The second-order valence-electron chi connectivity index (χ2n) is 8.93. The number of nitrogens with one attached hydrogen (secondary N) is 1. The van der Waals surface area contributed by atoms with E-state index < -0.39 is 5.82 Å². The SMILES string of the molecule is C[C@@H]1CN(c2cccc(-c3cc(F)cc(-c4ccc(-n5ccn(C)c5=O)c(Cl)c4)c3O)c2)CCN1. The van der Waals surface area contributed by atoms with Crippen LogP contribution in [0.5, 0.6) is 5.75 Å². The fourth-order valence-corrected chi connectivity index (χ4v) is 4.87. The number of phenolic OH excluding ortho intramolecular Hbond substituents is 1. The van der Waals surface area contributed by atoms with Gasteiger partial charge in [0.2, 0.25) is 0 Å². The Morgan fingerprint density at radius 2 is 1.80 bits per heavy atom. The number of piperazine rings is 1. The van der Waals surface area contributed by atoms with Crippen molar-refractivity contribution in [2.24, 2.45) is 7.05 Å². The van der Waals surface area contributed by atoms with Crippen LogP contribution in [0, 0.1) is 5.82 Å². The molecule has 0 amide bonds. The van der Waals surface area contributed by atoms with Crippen molar-refractivity contribution < 1.29 is 9.50 Å². The molecule has 5 rings (SSSR count). The van der Waals surface area contributed by atoms with Gasteiger partial charge in [0.05, 0.1) is 10.7 Å². The topological polar surface area (TPSA) is 62.4 Å². The molecule has 2 N–H and O–H groups in total. The lowest BCUT2D eigenvalue weighted by molar-refractivity contribution is 0.477. The number of imidazole rings is 1. The highest BCUT2D eigenvalue weighted by molar-refractivity contribution is 6.32. The van der Waals surface area contributed by atoms with Crippen LogP contribution in [0.25, 0.3) is 27.9 Å². The number of aromatic nitrogens is 2. The number of nitrogens with zero attached hydrogens (tertiary/aromatic N) is 3. The summed E-state index contributed by atoms with van der Waals surface area (Å²) in [5.74, 6) is -0.494. The van der Waals surface area contributed by atoms with Crippen molar-refractivity contribution in [2.45, 2.75) is 13.0 Å². The molecule has 0 unspecified atom stereocenters. The molecule has 2 heterocycles. The number of hydrogen-bond donors (Lipinski definition) is 2. The Hall–Kier alpha value is -3.55. The summed E-state index contributed by atoms with van der Waals surface area (Å²) < 4.78 is 17.7. The molecule has 4 aromatic rings. The molecule has 0 bridgehead atoms. The van der Waals surface area contributed by atoms with Gasteiger partial charge in [-0.15, -0.1) is 0 Å². The smallest absolute Gasteiger partial charge is 0.332 e. The number of halogens is 2. The Morgan fingerprint density at radius 1 is 1.06 bits per heavy atom. The van der Waals surface area contributed by atoms with Crippen molar-refractivity contribution in [1.29, 1.82) is 0 Å². The first-order valence-corrected chi connectivity index (χ1v) is 11.8. The van der Waals surface area contributed by atoms with Crippen LogP contribution >= 0.6 is 11.6 Å². The number of rotatable bonds is 4. The van der Waals surface area contributed by atoms with Gasteiger partial charge >= 0.3 is 5.69 Å². The number of aryl methyl sites for hydroxylation is 1. The highest BCUT2D eigenvalue weighted by atomic mass is 35.5. The quantitative estimate of drug-likeness (QED) is 0.429. The van der Waals surface area contributed by atoms with E-state index in [0.29, 0.717) is 33.4 Å². The van der Waals surface area contributed by atoms with Crippen LogP contribution < -0.4 is 15.9 Å². The zero-order valence-corrected chi connectivity index (χ0v) is 20.3. The molecule has 8 heteroatoms. The average Bonchev–Trinajstić information content (AvgIpc) is 3.18. The minimum atomic E-state index is -0.464. The summed E-state index contributed by atoms with van der Waals surface area (Å²) in [5, 5.41) is 14.9. The highest BCUT2D eigenvalue weighted by Crippen LogP contribution is 2.41. The third-order valence-corrected chi connectivity index (χ3v) is 6.73. The highest BCUT2D eigenvalue weighted by Gasteiger charge is 2.19. The third kappa shape index (κ3) is 4.45. The van der Waals surface area contributed by atoms with Crippen molar-refractivity contribution in [1.82, 2.24) is 14.5 Å². The van der Waals surface area contributed by atoms with Gasteiger partial charge in [-0.25, -0.2) is 9.18 Å². The van der Waals surface area contributed by atoms with E-state index >= 15 is 0 Å². The lowest BCUT2D eigenvalue weighted by atomic mass is 9.96. The maximum Gasteiger partial charge on any atom is 0.332 e. The minimum Gasteiger partial charge on any atom is -0.507 e. The fraction of sp³-hybridized carbons (Fsp3) is 0.222. The summed E-state index contributed by atoms with van der Waals surface area (Å²) in [5.41, 5.74) is 3.32. The van der Waals surface area contributed by atoms with Crippen LogP contribution in [0.15, 0.2) is 71.8 Å². The van der Waals surface area contributed by atoms with Crippen molar-refractivity contribution >= 4 is 17.3 Å². The molecule has 0 radical (unpaired) electrons. The summed E-state index contributed by atoms with van der Waals surface area (Å²) in [6.07, 6.45) is 3.28. The predicted molar refractivity (Wildman–Crippen MR) is 138 cm³/mol. The van der Waals surface area contributed by atoms with Crippen LogP contribution in [-0.4, -0.2) is 39.9 Å². The minimum absolute atomic E-state index is 0.0297. The van der Waals surface area contributed by atoms with Crippen LogP contribution in [0.1, 0.15) is 6.92 Å². The van der Waals surface area contributed by atoms with Gasteiger partial charge < -0.3 is 19.9 Å². The first-order valence-electron chi connectivity index (χ1n) is 11.5. The van der Waals surface area contributed by atoms with Crippen LogP contribution in [0.4, 0.5) is 10.1 Å². The van der Waals surface area contributed by atoms with Gasteiger partial charge in [0.15, 0.2) is 0 Å². The molecular weight excluding hydrogens is 467 g/mol. The number of anilines is 1. The zero-order valence-electron chi connectivity index (χ0n) is 19.5. The van der Waals surface area contributed by atoms with Crippen molar-refractivity contribution in [3.63, 3.8) is 0 Å². The Kier molecular flexibility index (Phi) is 6.13. The van der Waals surface area contributed by atoms with Crippen molar-refractivity contribution in [3.8, 4) is 33.7 Å². The summed E-state index contributed by atoms with van der Waals surface area (Å²) in [7, 11) is 1.66. The second-order valence-corrected chi connectivity index (χ2v) is 9.34. The lowest BCUT2D eigenvalue weighted by Gasteiger charge is -2.33. The van der Waals surface area contributed by atoms with Gasteiger partial charge in [-0.3, -0.25) is 4.57 Å². The molecule has 180 valence electrons. The van der Waals surface area contributed by atoms with Crippen LogP contribution in [0.3, 0.4) is 0 Å². The van der Waals surface area contributed by atoms with Gasteiger partial charge in [-0.1, -0.05) is 29.8 Å². The molecule has 35 heavy (non-hydrogen) atoms. The van der Waals surface area contributed by atoms with E-state index in [4.69, 9.17) is 11.6 Å². The van der Waals surface area contributed by atoms with E-state index in [1.165, 1.54) is 21.3 Å². The fourth-order valence-electron chi connectivity index (χ4n) is 4.59. The summed E-state index contributed by atoms with van der Waals surface area (Å²) in [6, 6.07) is 15.9. The van der Waals surface area contributed by atoms with Crippen molar-refractivity contribution in [2.75, 3.05) is 24.5 Å². The molecular formula is C27H26ClFN4O2. The van der Waals surface area contributed by atoms with E-state index in [9.17, 15) is 14.3 Å². The van der Waals surface area contributed by atoms with Crippen LogP contribution in [0.2, 0.25) is 5.02 Å². The maximum absolute atomic E-state index is 14.8. The molecule has 1 aliphatic rings. The summed E-state index contributed by atoms with van der Waals surface area (Å²) in [4.78, 5) is 14.6. The lowest BCUT2D eigenvalue weighted by Crippen LogP contribution is -2.49. The predicted octanol–water partition coefficient (Wildman–Crippen LogP) is 4.81. The zero-order chi connectivity index (χ0) is 24.7. The standard InChI is InChI=1S/C27H26ClFN4O2/c1-17-16-32(9-8-30-17)21-5-3-4-18(12-21)22-14-20(29)15-23(26(22)34)19-6-7-25(24(28)13-19)33-11-10-31(2)27(33)35/h3-7,10-15,17,30,34H,8-9,16H2,1-2H3/t17-/m1/s1. The molecule has 1 aromatic heterocycles. The van der Waals surface area contributed by atoms with Gasteiger partial charge in [-0.2, -0.15) is 0 Å². The maximum atomic E-state index is 14.8. The Morgan fingerprint density at radius 3 is 2.46 bits per heavy atom.